The molecule has 0 saturated heterocycles. The van der Waals surface area contributed by atoms with Crippen LogP contribution in [0.3, 0.4) is 0 Å². The van der Waals surface area contributed by atoms with Crippen molar-refractivity contribution in [3.8, 4) is 17.0 Å². The summed E-state index contributed by atoms with van der Waals surface area (Å²) in [7, 11) is 1.57. The zero-order chi connectivity index (χ0) is 35.9. The van der Waals surface area contributed by atoms with Crippen molar-refractivity contribution in [2.45, 2.75) is 92.9 Å². The maximum absolute atomic E-state index is 14.1. The highest BCUT2D eigenvalue weighted by Gasteiger charge is 2.26. The standard InChI is InChI=1S/C38H52N6O4S/c1-10-14-20-43(21-15-11-2)32(46)24-42(13-4)33-19-17-27(49-33)23-30-35(38(6,7)8)41-44-36(30)40-34(28(12-3)37(44)47)29-22-26(39-25(5)45)16-18-31(29)48-9/h16-19,22-23H,10-15,20-21,24H2,1-9H3,(H,39,45)/b30-23-. The fraction of sp³-hybridized carbons (Fsp3) is 0.500. The Labute approximate surface area is 294 Å². The molecule has 264 valence electrons. The van der Waals surface area contributed by atoms with Gasteiger partial charge in [-0.2, -0.15) is 9.61 Å². The summed E-state index contributed by atoms with van der Waals surface area (Å²) in [5.74, 6) is 0.500. The van der Waals surface area contributed by atoms with Gasteiger partial charge in [-0.1, -0.05) is 54.4 Å². The molecule has 11 heteroatoms. The van der Waals surface area contributed by atoms with Crippen molar-refractivity contribution in [3.05, 3.63) is 62.0 Å². The number of ether oxygens (including phenoxy) is 1. The lowest BCUT2D eigenvalue weighted by atomic mass is 9.91. The summed E-state index contributed by atoms with van der Waals surface area (Å²) < 4.78 is 7.12. The van der Waals surface area contributed by atoms with E-state index in [9.17, 15) is 14.4 Å². The lowest BCUT2D eigenvalue weighted by molar-refractivity contribution is -0.129. The van der Waals surface area contributed by atoms with Crippen LogP contribution in [0, 0.1) is 0 Å². The van der Waals surface area contributed by atoms with E-state index in [0.29, 0.717) is 53.4 Å². The first-order valence-electron chi connectivity index (χ1n) is 17.4. The quantitative estimate of drug-likeness (QED) is 0.153. The Kier molecular flexibility index (Phi) is 12.6. The molecule has 0 bridgehead atoms. The van der Waals surface area contributed by atoms with Crippen LogP contribution in [0.5, 0.6) is 5.75 Å². The van der Waals surface area contributed by atoms with Crippen molar-refractivity contribution >= 4 is 45.6 Å². The SMILES string of the molecule is CCCCN(CCCC)C(=O)CN(CC)c1ccc(/C=c2/c(C(C)(C)C)nn3c(=O)c(CC)c(-c4cc(NC(C)=O)ccc4OC)nc23)s1. The molecule has 4 aromatic rings. The molecular formula is C38H52N6O4S. The number of anilines is 2. The monoisotopic (exact) mass is 688 g/mol. The summed E-state index contributed by atoms with van der Waals surface area (Å²) in [6.45, 7) is 18.6. The Bertz CT molecular complexity index is 1880. The number of nitrogens with zero attached hydrogens (tertiary/aromatic N) is 5. The molecule has 0 fully saturated rings. The van der Waals surface area contributed by atoms with Crippen molar-refractivity contribution in [2.24, 2.45) is 0 Å². The van der Waals surface area contributed by atoms with Gasteiger partial charge in [0.1, 0.15) is 5.75 Å². The van der Waals surface area contributed by atoms with Crippen LogP contribution in [0.25, 0.3) is 23.0 Å². The van der Waals surface area contributed by atoms with Crippen LogP contribution in [-0.4, -0.2) is 64.6 Å². The van der Waals surface area contributed by atoms with Crippen LogP contribution >= 0.6 is 11.3 Å². The number of aromatic nitrogens is 3. The number of methoxy groups -OCH3 is 1. The highest BCUT2D eigenvalue weighted by atomic mass is 32.1. The van der Waals surface area contributed by atoms with E-state index in [-0.39, 0.29) is 22.8 Å². The number of carbonyl (C=O) groups excluding carboxylic acids is 2. The van der Waals surface area contributed by atoms with E-state index >= 15 is 0 Å². The summed E-state index contributed by atoms with van der Waals surface area (Å²) in [6, 6.07) is 9.43. The van der Waals surface area contributed by atoms with E-state index in [2.05, 4.69) is 57.8 Å². The van der Waals surface area contributed by atoms with Gasteiger partial charge < -0.3 is 19.9 Å². The minimum absolute atomic E-state index is 0.157. The van der Waals surface area contributed by atoms with Crippen LogP contribution in [0.2, 0.25) is 0 Å². The lowest BCUT2D eigenvalue weighted by Gasteiger charge is -2.27. The maximum atomic E-state index is 14.1. The molecule has 1 N–H and O–H groups in total. The van der Waals surface area contributed by atoms with Crippen molar-refractivity contribution < 1.29 is 14.3 Å². The molecular weight excluding hydrogens is 637 g/mol. The summed E-state index contributed by atoms with van der Waals surface area (Å²) in [6.07, 6.45) is 6.60. The van der Waals surface area contributed by atoms with E-state index in [1.54, 1.807) is 36.6 Å². The Hall–Kier alpha value is -4.25. The number of thiophene rings is 1. The second kappa shape index (κ2) is 16.4. The predicted octanol–water partition coefficient (Wildman–Crippen LogP) is 6.45. The molecule has 0 spiro atoms. The fourth-order valence-corrected chi connectivity index (χ4v) is 6.89. The van der Waals surface area contributed by atoms with Crippen LogP contribution < -0.4 is 25.7 Å². The molecule has 0 aliphatic rings. The van der Waals surface area contributed by atoms with Gasteiger partial charge in [0.05, 0.1) is 30.0 Å². The minimum Gasteiger partial charge on any atom is -0.496 e. The van der Waals surface area contributed by atoms with Crippen molar-refractivity contribution in [2.75, 3.05) is 43.5 Å². The third-order valence-corrected chi connectivity index (χ3v) is 9.62. The smallest absolute Gasteiger partial charge is 0.278 e. The predicted molar refractivity (Wildman–Crippen MR) is 201 cm³/mol. The lowest BCUT2D eigenvalue weighted by Crippen LogP contribution is -2.41. The number of benzene rings is 1. The van der Waals surface area contributed by atoms with Gasteiger partial charge in [0.2, 0.25) is 11.8 Å². The van der Waals surface area contributed by atoms with E-state index in [0.717, 1.165) is 59.6 Å². The van der Waals surface area contributed by atoms with Gasteiger partial charge in [-0.15, -0.1) is 11.3 Å². The van der Waals surface area contributed by atoms with Crippen molar-refractivity contribution in [1.82, 2.24) is 19.5 Å². The van der Waals surface area contributed by atoms with Crippen molar-refractivity contribution in [3.63, 3.8) is 0 Å². The molecule has 4 rings (SSSR count). The van der Waals surface area contributed by atoms with Crippen molar-refractivity contribution in [1.29, 1.82) is 0 Å². The molecule has 0 aliphatic carbocycles. The van der Waals surface area contributed by atoms with Gasteiger partial charge in [-0.05, 0) is 62.6 Å². The summed E-state index contributed by atoms with van der Waals surface area (Å²) in [5.41, 5.74) is 2.79. The molecule has 49 heavy (non-hydrogen) atoms. The zero-order valence-corrected chi connectivity index (χ0v) is 31.4. The summed E-state index contributed by atoms with van der Waals surface area (Å²) in [4.78, 5) is 49.6. The molecule has 2 amide bonds. The number of nitrogens with one attached hydrogen (secondary N) is 1. The van der Waals surface area contributed by atoms with Crippen LogP contribution in [0.1, 0.15) is 97.2 Å². The second-order valence-electron chi connectivity index (χ2n) is 13.4. The topological polar surface area (TPSA) is 109 Å². The number of carbonyl (C=O) groups is 2. The van der Waals surface area contributed by atoms with Gasteiger partial charge in [0.15, 0.2) is 5.65 Å². The third-order valence-electron chi connectivity index (χ3n) is 8.52. The van der Waals surface area contributed by atoms with Gasteiger partial charge in [0.25, 0.3) is 5.56 Å². The Morgan fingerprint density at radius 2 is 1.73 bits per heavy atom. The first kappa shape index (κ1) is 37.6. The first-order valence-corrected chi connectivity index (χ1v) is 18.2. The van der Waals surface area contributed by atoms with Gasteiger partial charge in [-0.25, -0.2) is 4.98 Å². The third kappa shape index (κ3) is 8.68. The number of hydrogen-bond acceptors (Lipinski definition) is 8. The molecule has 0 unspecified atom stereocenters. The Morgan fingerprint density at radius 1 is 1.04 bits per heavy atom. The van der Waals surface area contributed by atoms with E-state index in [4.69, 9.17) is 14.8 Å². The second-order valence-corrected chi connectivity index (χ2v) is 14.5. The maximum Gasteiger partial charge on any atom is 0.278 e. The normalized spacial score (nSPS) is 12.1. The Balaban J connectivity index is 1.85. The van der Waals surface area contributed by atoms with Crippen LogP contribution in [0.4, 0.5) is 10.7 Å². The summed E-state index contributed by atoms with van der Waals surface area (Å²) >= 11 is 1.60. The minimum atomic E-state index is -0.385. The van der Waals surface area contributed by atoms with Gasteiger partial charge >= 0.3 is 0 Å². The highest BCUT2D eigenvalue weighted by molar-refractivity contribution is 7.16. The van der Waals surface area contributed by atoms with E-state index < -0.39 is 0 Å². The zero-order valence-electron chi connectivity index (χ0n) is 30.6. The number of amides is 2. The largest absolute Gasteiger partial charge is 0.496 e. The van der Waals surface area contributed by atoms with Gasteiger partial charge in [0, 0.05) is 58.9 Å². The molecule has 0 atom stereocenters. The molecule has 0 radical (unpaired) electrons. The number of likely N-dealkylation sites (N-methyl/N-ethyl adjacent to an activating group) is 1. The number of hydrogen-bond donors (Lipinski definition) is 1. The number of unbranched alkanes of at least 4 members (excludes halogenated alkanes) is 2. The van der Waals surface area contributed by atoms with E-state index in [1.165, 1.54) is 11.4 Å². The Morgan fingerprint density at radius 3 is 2.31 bits per heavy atom. The molecule has 3 aromatic heterocycles. The average Bonchev–Trinajstić information content (AvgIpc) is 3.68. The molecule has 0 saturated carbocycles. The van der Waals surface area contributed by atoms with Crippen LogP contribution in [0.15, 0.2) is 35.1 Å². The average molecular weight is 689 g/mol. The van der Waals surface area contributed by atoms with Crippen LogP contribution in [-0.2, 0) is 21.4 Å². The highest BCUT2D eigenvalue weighted by Crippen LogP contribution is 2.34. The molecule has 1 aromatic carbocycles. The number of fused-ring (bicyclic) bond motifs is 1. The summed E-state index contributed by atoms with van der Waals surface area (Å²) in [5, 5.41) is 9.45. The molecule has 10 nitrogen and oxygen atoms in total. The first-order chi connectivity index (χ1) is 23.4. The molecule has 0 aliphatic heterocycles. The number of rotatable bonds is 15. The molecule has 3 heterocycles. The van der Waals surface area contributed by atoms with Gasteiger partial charge in [-0.3, -0.25) is 14.4 Å². The fourth-order valence-electron chi connectivity index (χ4n) is 5.88. The van der Waals surface area contributed by atoms with E-state index in [1.807, 2.05) is 24.0 Å².